The van der Waals surface area contributed by atoms with Crippen LogP contribution in [-0.2, 0) is 21.5 Å². The second kappa shape index (κ2) is 13.7. The number of piperidine rings is 1. The number of hydrogen-bond donors (Lipinski definition) is 4. The summed E-state index contributed by atoms with van der Waals surface area (Å²) in [6, 6.07) is 19.9. The van der Waals surface area contributed by atoms with Gasteiger partial charge in [0.2, 0.25) is 5.91 Å². The van der Waals surface area contributed by atoms with E-state index in [4.69, 9.17) is 9.47 Å². The fourth-order valence-corrected chi connectivity index (χ4v) is 5.34. The van der Waals surface area contributed by atoms with E-state index in [1.165, 1.54) is 21.1 Å². The van der Waals surface area contributed by atoms with Crippen molar-refractivity contribution in [1.82, 2.24) is 15.5 Å². The van der Waals surface area contributed by atoms with Gasteiger partial charge in [0.05, 0.1) is 19.8 Å². The first-order valence-electron chi connectivity index (χ1n) is 13.9. The van der Waals surface area contributed by atoms with Gasteiger partial charge in [-0.3, -0.25) is 9.59 Å². The van der Waals surface area contributed by atoms with Crippen LogP contribution in [0, 0.1) is 0 Å². The third kappa shape index (κ3) is 7.42. The molecule has 1 heterocycles. The lowest BCUT2D eigenvalue weighted by molar-refractivity contribution is -0.139. The van der Waals surface area contributed by atoms with Gasteiger partial charge in [0.25, 0.3) is 5.91 Å². The molecule has 4 rings (SSSR count). The van der Waals surface area contributed by atoms with Gasteiger partial charge in [0.1, 0.15) is 23.1 Å². The smallest absolute Gasteiger partial charge is 0.326 e. The minimum atomic E-state index is -1.22. The van der Waals surface area contributed by atoms with E-state index >= 15 is 0 Å². The van der Waals surface area contributed by atoms with Crippen LogP contribution in [0.15, 0.2) is 72.8 Å². The van der Waals surface area contributed by atoms with Crippen molar-refractivity contribution in [2.75, 3.05) is 32.6 Å². The van der Waals surface area contributed by atoms with Crippen LogP contribution in [0.2, 0.25) is 0 Å². The van der Waals surface area contributed by atoms with Crippen molar-refractivity contribution in [1.29, 1.82) is 0 Å². The minimum absolute atomic E-state index is 0.0175. The third-order valence-corrected chi connectivity index (χ3v) is 7.55. The number of rotatable bonds is 10. The van der Waals surface area contributed by atoms with Crippen molar-refractivity contribution in [2.24, 2.45) is 0 Å². The molecule has 0 radical (unpaired) electrons. The fourth-order valence-electron chi connectivity index (χ4n) is 5.34. The molecule has 1 atom stereocenters. The van der Waals surface area contributed by atoms with Crippen LogP contribution in [-0.4, -0.2) is 67.2 Å². The van der Waals surface area contributed by atoms with Crippen molar-refractivity contribution < 1.29 is 33.8 Å². The topological polar surface area (TPSA) is 146 Å². The summed E-state index contributed by atoms with van der Waals surface area (Å²) in [5, 5.41) is 18.3. The Morgan fingerprint density at radius 1 is 0.884 bits per heavy atom. The molecule has 1 unspecified atom stereocenters. The summed E-state index contributed by atoms with van der Waals surface area (Å²) in [7, 11) is 2.82. The van der Waals surface area contributed by atoms with Crippen molar-refractivity contribution >= 4 is 29.5 Å². The number of methoxy groups -OCH3 is 2. The average molecular weight is 589 g/mol. The predicted octanol–water partition coefficient (Wildman–Crippen LogP) is 3.79. The summed E-state index contributed by atoms with van der Waals surface area (Å²) in [4.78, 5) is 51.7. The van der Waals surface area contributed by atoms with Gasteiger partial charge in [0, 0.05) is 32.1 Å². The van der Waals surface area contributed by atoms with Gasteiger partial charge in [-0.2, -0.15) is 0 Å². The number of anilines is 1. The Morgan fingerprint density at radius 3 is 2.02 bits per heavy atom. The highest BCUT2D eigenvalue weighted by Crippen LogP contribution is 2.33. The number of amides is 4. The Labute approximate surface area is 250 Å². The van der Waals surface area contributed by atoms with E-state index in [2.05, 4.69) is 16.0 Å². The number of nitrogens with zero attached hydrogens (tertiary/aromatic N) is 1. The summed E-state index contributed by atoms with van der Waals surface area (Å²) < 4.78 is 10.5. The van der Waals surface area contributed by atoms with Gasteiger partial charge in [-0.15, -0.1) is 0 Å². The Balaban J connectivity index is 1.37. The summed E-state index contributed by atoms with van der Waals surface area (Å²) in [6.45, 7) is 2.41. The molecule has 4 amide bonds. The van der Waals surface area contributed by atoms with Gasteiger partial charge in [-0.25, -0.2) is 9.59 Å². The quantitative estimate of drug-likeness (QED) is 0.282. The molecule has 0 spiro atoms. The number of nitrogens with one attached hydrogen (secondary N) is 3. The molecule has 4 N–H and O–H groups in total. The molecule has 0 saturated carbocycles. The van der Waals surface area contributed by atoms with Crippen LogP contribution in [0.5, 0.6) is 11.5 Å². The van der Waals surface area contributed by atoms with E-state index in [0.717, 1.165) is 5.56 Å². The number of hydrogen-bond acceptors (Lipinski definition) is 6. The molecule has 1 aliphatic rings. The van der Waals surface area contributed by atoms with E-state index in [9.17, 15) is 24.3 Å². The molecule has 43 heavy (non-hydrogen) atoms. The molecular weight excluding hydrogens is 552 g/mol. The van der Waals surface area contributed by atoms with Crippen LogP contribution in [0.3, 0.4) is 0 Å². The normalized spacial score (nSPS) is 14.6. The molecule has 11 heteroatoms. The van der Waals surface area contributed by atoms with E-state index in [-0.39, 0.29) is 35.4 Å². The lowest BCUT2D eigenvalue weighted by Gasteiger charge is -2.42. The van der Waals surface area contributed by atoms with Gasteiger partial charge < -0.3 is 35.4 Å². The Bertz CT molecular complexity index is 1430. The van der Waals surface area contributed by atoms with Crippen molar-refractivity contribution in [3.8, 4) is 11.5 Å². The van der Waals surface area contributed by atoms with Crippen LogP contribution < -0.4 is 25.4 Å². The monoisotopic (exact) mass is 588 g/mol. The summed E-state index contributed by atoms with van der Waals surface area (Å²) in [6.07, 6.45) is 1.17. The molecular formula is C32H36N4O7. The van der Waals surface area contributed by atoms with Crippen LogP contribution in [0.1, 0.15) is 41.3 Å². The first kappa shape index (κ1) is 30.9. The van der Waals surface area contributed by atoms with Gasteiger partial charge in [0.15, 0.2) is 0 Å². The Kier molecular flexibility index (Phi) is 9.87. The Hall–Kier alpha value is -5.06. The largest absolute Gasteiger partial charge is 0.496 e. The highest BCUT2D eigenvalue weighted by atomic mass is 16.5. The van der Waals surface area contributed by atoms with Crippen LogP contribution >= 0.6 is 0 Å². The SMILES string of the molecule is COc1cccc(OC)c1C(=O)NC(Cc1ccc(NC(=O)N2CCC(NC(C)=O)(c3ccccc3)CC2)cc1)C(=O)O. The molecule has 0 aliphatic carbocycles. The predicted molar refractivity (Wildman–Crippen MR) is 160 cm³/mol. The number of aliphatic carboxylic acids is 1. The number of likely N-dealkylation sites (tertiary alicyclic amines) is 1. The molecule has 1 fully saturated rings. The van der Waals surface area contributed by atoms with Gasteiger partial charge in [-0.05, 0) is 48.2 Å². The Morgan fingerprint density at radius 2 is 1.49 bits per heavy atom. The lowest BCUT2D eigenvalue weighted by atomic mass is 9.81. The highest BCUT2D eigenvalue weighted by Gasteiger charge is 2.38. The molecule has 226 valence electrons. The summed E-state index contributed by atoms with van der Waals surface area (Å²) in [5.74, 6) is -1.44. The lowest BCUT2D eigenvalue weighted by Crippen LogP contribution is -2.54. The first-order chi connectivity index (χ1) is 20.7. The third-order valence-electron chi connectivity index (χ3n) is 7.55. The second-order valence-corrected chi connectivity index (χ2v) is 10.3. The fraction of sp³-hybridized carbons (Fsp3) is 0.312. The standard InChI is InChI=1S/C32H36N4O7/c1-21(37)35-32(23-8-5-4-6-9-23)16-18-36(19-17-32)31(41)33-24-14-12-22(13-15-24)20-25(30(39)40)34-29(38)28-26(42-2)10-7-11-27(28)43-3/h4-15,25H,16-20H2,1-3H3,(H,33,41)(H,34,38)(H,35,37)(H,39,40). The van der Waals surface area contributed by atoms with Crippen LogP contribution in [0.25, 0.3) is 0 Å². The number of ether oxygens (including phenoxy) is 2. The van der Waals surface area contributed by atoms with Crippen molar-refractivity contribution in [3.05, 3.63) is 89.5 Å². The molecule has 1 aliphatic heterocycles. The number of carbonyl (C=O) groups excluding carboxylic acids is 3. The maximum absolute atomic E-state index is 13.0. The summed E-state index contributed by atoms with van der Waals surface area (Å²) >= 11 is 0. The van der Waals surface area contributed by atoms with E-state index in [1.807, 2.05) is 30.3 Å². The first-order valence-corrected chi connectivity index (χ1v) is 13.9. The van der Waals surface area contributed by atoms with Crippen molar-refractivity contribution in [2.45, 2.75) is 37.8 Å². The highest BCUT2D eigenvalue weighted by molar-refractivity contribution is 6.01. The number of carbonyl (C=O) groups is 4. The molecule has 11 nitrogen and oxygen atoms in total. The zero-order valence-electron chi connectivity index (χ0n) is 24.4. The van der Waals surface area contributed by atoms with Gasteiger partial charge in [-0.1, -0.05) is 48.5 Å². The maximum Gasteiger partial charge on any atom is 0.326 e. The second-order valence-electron chi connectivity index (χ2n) is 10.3. The van der Waals surface area contributed by atoms with Crippen molar-refractivity contribution in [3.63, 3.8) is 0 Å². The minimum Gasteiger partial charge on any atom is -0.496 e. The molecule has 3 aromatic rings. The van der Waals surface area contributed by atoms with E-state index < -0.39 is 23.5 Å². The number of benzene rings is 3. The van der Waals surface area contributed by atoms with E-state index in [0.29, 0.717) is 37.2 Å². The molecule has 1 saturated heterocycles. The van der Waals surface area contributed by atoms with Crippen LogP contribution in [0.4, 0.5) is 10.5 Å². The van der Waals surface area contributed by atoms with E-state index in [1.54, 1.807) is 47.4 Å². The summed E-state index contributed by atoms with van der Waals surface area (Å²) in [5.41, 5.74) is 1.79. The number of carboxylic acids is 1. The zero-order valence-corrected chi connectivity index (χ0v) is 24.4. The number of carboxylic acid groups (broad SMARTS) is 1. The van der Waals surface area contributed by atoms with Gasteiger partial charge >= 0.3 is 12.0 Å². The molecule has 3 aromatic carbocycles. The molecule has 0 bridgehead atoms. The maximum atomic E-state index is 13.0. The zero-order chi connectivity index (χ0) is 31.0. The number of urea groups is 1. The average Bonchev–Trinajstić information content (AvgIpc) is 3.01. The molecule has 0 aromatic heterocycles.